The van der Waals surface area contributed by atoms with Crippen molar-refractivity contribution in [3.8, 4) is 11.3 Å². The van der Waals surface area contributed by atoms with Crippen molar-refractivity contribution in [3.05, 3.63) is 65.5 Å². The number of carbonyl (C=O) groups is 2. The van der Waals surface area contributed by atoms with E-state index < -0.39 is 0 Å². The van der Waals surface area contributed by atoms with Crippen LogP contribution in [0.15, 0.2) is 53.2 Å². The number of pyridine rings is 2. The molecule has 0 saturated carbocycles. The second-order valence-corrected chi connectivity index (χ2v) is 8.92. The second-order valence-electron chi connectivity index (χ2n) is 8.92. The summed E-state index contributed by atoms with van der Waals surface area (Å²) < 4.78 is 5.39. The Morgan fingerprint density at radius 1 is 1.14 bits per heavy atom. The van der Waals surface area contributed by atoms with Crippen LogP contribution in [0.1, 0.15) is 34.5 Å². The van der Waals surface area contributed by atoms with Gasteiger partial charge in [0.05, 0.1) is 40.1 Å². The fourth-order valence-corrected chi connectivity index (χ4v) is 4.41. The summed E-state index contributed by atoms with van der Waals surface area (Å²) in [5.74, 6) is -0.0139. The van der Waals surface area contributed by atoms with Gasteiger partial charge in [-0.3, -0.25) is 9.59 Å². The summed E-state index contributed by atoms with van der Waals surface area (Å²) in [6.07, 6.45) is 3.29. The first-order valence-corrected chi connectivity index (χ1v) is 11.5. The van der Waals surface area contributed by atoms with E-state index in [1.54, 1.807) is 25.3 Å². The number of hydrogen-bond donors (Lipinski definition) is 2. The van der Waals surface area contributed by atoms with E-state index in [1.807, 2.05) is 42.2 Å². The summed E-state index contributed by atoms with van der Waals surface area (Å²) in [7, 11) is 0. The Balaban J connectivity index is 1.40. The molecule has 1 unspecified atom stereocenters. The SMILES string of the molecule is Cc1ccc(-c2cc(C(=O)Nc3ccc(N4CCCC(C(N)=O)C4)nc3)c3c(C)noc3n2)cc1. The number of nitrogens with one attached hydrogen (secondary N) is 1. The van der Waals surface area contributed by atoms with Gasteiger partial charge in [0.1, 0.15) is 5.82 Å². The van der Waals surface area contributed by atoms with Crippen LogP contribution in [0.25, 0.3) is 22.4 Å². The van der Waals surface area contributed by atoms with Gasteiger partial charge in [-0.1, -0.05) is 35.0 Å². The lowest BCUT2D eigenvalue weighted by molar-refractivity contribution is -0.122. The monoisotopic (exact) mass is 470 g/mol. The highest BCUT2D eigenvalue weighted by atomic mass is 16.5. The molecular formula is C26H26N6O3. The maximum absolute atomic E-state index is 13.3. The number of rotatable bonds is 5. The van der Waals surface area contributed by atoms with E-state index in [2.05, 4.69) is 20.4 Å². The predicted molar refractivity (Wildman–Crippen MR) is 133 cm³/mol. The van der Waals surface area contributed by atoms with E-state index in [-0.39, 0.29) is 17.7 Å². The second kappa shape index (κ2) is 9.17. The van der Waals surface area contributed by atoms with E-state index in [4.69, 9.17) is 10.3 Å². The van der Waals surface area contributed by atoms with Crippen LogP contribution in [0.3, 0.4) is 0 Å². The number of anilines is 2. The standard InChI is InChI=1S/C26H26N6O3/c1-15-5-7-17(8-6-15)21-12-20(23-16(2)31-35-26(23)30-21)25(34)29-19-9-10-22(28-13-19)32-11-3-4-18(14-32)24(27)33/h5-10,12-13,18H,3-4,11,14H2,1-2H3,(H2,27,33)(H,29,34). The van der Waals surface area contributed by atoms with Crippen LogP contribution < -0.4 is 16.0 Å². The van der Waals surface area contributed by atoms with E-state index in [9.17, 15) is 9.59 Å². The number of benzene rings is 1. The fraction of sp³-hybridized carbons (Fsp3) is 0.269. The van der Waals surface area contributed by atoms with Gasteiger partial charge in [0.15, 0.2) is 0 Å². The Labute approximate surface area is 202 Å². The molecule has 2 amide bonds. The molecule has 1 aliphatic rings. The minimum absolute atomic E-state index is 0.173. The summed E-state index contributed by atoms with van der Waals surface area (Å²) in [6.45, 7) is 5.16. The van der Waals surface area contributed by atoms with Crippen LogP contribution in [-0.4, -0.2) is 40.0 Å². The van der Waals surface area contributed by atoms with Crippen molar-refractivity contribution in [1.29, 1.82) is 0 Å². The maximum atomic E-state index is 13.3. The first kappa shape index (κ1) is 22.5. The van der Waals surface area contributed by atoms with Gasteiger partial charge in [-0.15, -0.1) is 0 Å². The molecule has 1 saturated heterocycles. The number of hydrogen-bond acceptors (Lipinski definition) is 7. The van der Waals surface area contributed by atoms with Crippen LogP contribution in [0.5, 0.6) is 0 Å². The van der Waals surface area contributed by atoms with Crippen LogP contribution in [0.2, 0.25) is 0 Å². The van der Waals surface area contributed by atoms with Crippen LogP contribution >= 0.6 is 0 Å². The third kappa shape index (κ3) is 4.57. The number of aryl methyl sites for hydroxylation is 2. The molecule has 9 nitrogen and oxygen atoms in total. The van der Waals surface area contributed by atoms with E-state index >= 15 is 0 Å². The molecule has 0 radical (unpaired) electrons. The van der Waals surface area contributed by atoms with Crippen molar-refractivity contribution in [2.45, 2.75) is 26.7 Å². The topological polar surface area (TPSA) is 127 Å². The Kier molecular flexibility index (Phi) is 5.90. The van der Waals surface area contributed by atoms with Gasteiger partial charge in [0.2, 0.25) is 5.91 Å². The fourth-order valence-electron chi connectivity index (χ4n) is 4.41. The smallest absolute Gasteiger partial charge is 0.259 e. The average Bonchev–Trinajstić information content (AvgIpc) is 3.25. The summed E-state index contributed by atoms with van der Waals surface area (Å²) in [6, 6.07) is 13.3. The number of aromatic nitrogens is 3. The summed E-state index contributed by atoms with van der Waals surface area (Å²) in [4.78, 5) is 36.0. The normalized spacial score (nSPS) is 15.8. The summed E-state index contributed by atoms with van der Waals surface area (Å²) in [5.41, 5.74) is 10.0. The van der Waals surface area contributed by atoms with Crippen LogP contribution in [0.4, 0.5) is 11.5 Å². The molecule has 3 aromatic heterocycles. The first-order valence-electron chi connectivity index (χ1n) is 11.5. The van der Waals surface area contributed by atoms with Gasteiger partial charge in [-0.05, 0) is 44.9 Å². The minimum atomic E-state index is -0.307. The quantitative estimate of drug-likeness (QED) is 0.453. The summed E-state index contributed by atoms with van der Waals surface area (Å²) >= 11 is 0. The van der Waals surface area contributed by atoms with Gasteiger partial charge < -0.3 is 20.5 Å². The molecule has 4 aromatic rings. The number of piperidine rings is 1. The molecule has 9 heteroatoms. The van der Waals surface area contributed by atoms with Crippen LogP contribution in [-0.2, 0) is 4.79 Å². The molecular weight excluding hydrogens is 444 g/mol. The lowest BCUT2D eigenvalue weighted by atomic mass is 9.97. The Morgan fingerprint density at radius 3 is 2.66 bits per heavy atom. The van der Waals surface area contributed by atoms with Gasteiger partial charge >= 0.3 is 0 Å². The Hall–Kier alpha value is -4.27. The lowest BCUT2D eigenvalue weighted by Gasteiger charge is -2.32. The molecule has 0 aliphatic carbocycles. The molecule has 1 atom stereocenters. The number of nitrogens with two attached hydrogens (primary N) is 1. The number of carbonyl (C=O) groups excluding carboxylic acids is 2. The van der Waals surface area contributed by atoms with E-state index in [0.717, 1.165) is 36.3 Å². The highest BCUT2D eigenvalue weighted by Crippen LogP contribution is 2.28. The summed E-state index contributed by atoms with van der Waals surface area (Å²) in [5, 5.41) is 7.51. The largest absolute Gasteiger partial charge is 0.369 e. The highest BCUT2D eigenvalue weighted by molar-refractivity contribution is 6.13. The number of fused-ring (bicyclic) bond motifs is 1. The molecule has 1 aromatic carbocycles. The third-order valence-corrected chi connectivity index (χ3v) is 6.36. The van der Waals surface area contributed by atoms with Crippen molar-refractivity contribution in [1.82, 2.24) is 15.1 Å². The molecule has 0 bridgehead atoms. The average molecular weight is 471 g/mol. The zero-order valence-electron chi connectivity index (χ0n) is 19.6. The van der Waals surface area contributed by atoms with Crippen LogP contribution in [0, 0.1) is 19.8 Å². The molecule has 1 aliphatic heterocycles. The third-order valence-electron chi connectivity index (χ3n) is 6.36. The van der Waals surface area contributed by atoms with Crippen molar-refractivity contribution >= 4 is 34.4 Å². The Morgan fingerprint density at radius 2 is 1.94 bits per heavy atom. The highest BCUT2D eigenvalue weighted by Gasteiger charge is 2.25. The van der Waals surface area contributed by atoms with E-state index in [1.165, 1.54) is 0 Å². The molecule has 4 heterocycles. The maximum Gasteiger partial charge on any atom is 0.259 e. The predicted octanol–water partition coefficient (Wildman–Crippen LogP) is 3.86. The van der Waals surface area contributed by atoms with E-state index in [0.29, 0.717) is 40.3 Å². The Bertz CT molecular complexity index is 1400. The van der Waals surface area contributed by atoms with Crippen molar-refractivity contribution in [2.75, 3.05) is 23.3 Å². The molecule has 1 fully saturated rings. The molecule has 3 N–H and O–H groups in total. The minimum Gasteiger partial charge on any atom is -0.369 e. The zero-order chi connectivity index (χ0) is 24.5. The zero-order valence-corrected chi connectivity index (χ0v) is 19.6. The van der Waals surface area contributed by atoms with Gasteiger partial charge in [-0.25, -0.2) is 9.97 Å². The number of amides is 2. The number of nitrogens with zero attached hydrogens (tertiary/aromatic N) is 4. The molecule has 0 spiro atoms. The number of primary amides is 1. The van der Waals surface area contributed by atoms with Gasteiger partial charge in [-0.2, -0.15) is 0 Å². The van der Waals surface area contributed by atoms with Gasteiger partial charge in [0, 0.05) is 18.7 Å². The molecule has 35 heavy (non-hydrogen) atoms. The molecule has 5 rings (SSSR count). The lowest BCUT2D eigenvalue weighted by Crippen LogP contribution is -2.41. The first-order chi connectivity index (χ1) is 16.9. The van der Waals surface area contributed by atoms with Crippen molar-refractivity contribution in [3.63, 3.8) is 0 Å². The molecule has 178 valence electrons. The van der Waals surface area contributed by atoms with Gasteiger partial charge in [0.25, 0.3) is 11.6 Å². The van der Waals surface area contributed by atoms with Crippen molar-refractivity contribution < 1.29 is 14.1 Å². The van der Waals surface area contributed by atoms with Crippen molar-refractivity contribution in [2.24, 2.45) is 11.7 Å².